The van der Waals surface area contributed by atoms with Crippen molar-refractivity contribution < 1.29 is 27.8 Å². The summed E-state index contributed by atoms with van der Waals surface area (Å²) in [5.41, 5.74) is 0.487. The van der Waals surface area contributed by atoms with E-state index in [1.165, 1.54) is 12.1 Å². The van der Waals surface area contributed by atoms with Crippen LogP contribution in [0.2, 0.25) is 0 Å². The molecular weight excluding hydrogens is 499 g/mol. The quantitative estimate of drug-likeness (QED) is 0.286. The van der Waals surface area contributed by atoms with Crippen LogP contribution in [0.1, 0.15) is 53.8 Å². The lowest BCUT2D eigenvalue weighted by atomic mass is 9.80. The normalized spacial score (nSPS) is 14.7. The molecule has 8 nitrogen and oxygen atoms in total. The Morgan fingerprint density at radius 3 is 2.42 bits per heavy atom. The highest BCUT2D eigenvalue weighted by Gasteiger charge is 2.30. The Kier molecular flexibility index (Phi) is 6.92. The average Bonchev–Trinajstić information content (AvgIpc) is 3.19. The number of imidazole rings is 1. The molecule has 0 amide bonds. The second-order valence-electron chi connectivity index (χ2n) is 9.41. The van der Waals surface area contributed by atoms with E-state index in [0.717, 1.165) is 31.4 Å². The largest absolute Gasteiger partial charge is 0.486 e. The second kappa shape index (κ2) is 10.3. The molecule has 1 atom stereocenters. The third-order valence-electron chi connectivity index (χ3n) is 6.83. The Hall–Kier alpha value is -4.15. The SMILES string of the molecule is CC(Nc1nc(C(=O)O)nc2nc(COc3ccccc3)n(Cc3ccc(C(F)(F)F)cc3)c12)C1CCC1. The molecule has 1 fully saturated rings. The van der Waals surface area contributed by atoms with E-state index in [1.54, 1.807) is 16.7 Å². The van der Waals surface area contributed by atoms with Crippen molar-refractivity contribution in [2.24, 2.45) is 5.92 Å². The van der Waals surface area contributed by atoms with Gasteiger partial charge in [0.15, 0.2) is 11.5 Å². The summed E-state index contributed by atoms with van der Waals surface area (Å²) in [7, 11) is 0. The lowest BCUT2D eigenvalue weighted by Crippen LogP contribution is -2.31. The molecule has 4 aromatic rings. The van der Waals surface area contributed by atoms with Crippen molar-refractivity contribution in [1.29, 1.82) is 0 Å². The molecule has 5 rings (SSSR count). The number of anilines is 1. The predicted octanol–water partition coefficient (Wildman–Crippen LogP) is 5.77. The van der Waals surface area contributed by atoms with E-state index < -0.39 is 23.5 Å². The summed E-state index contributed by atoms with van der Waals surface area (Å²) in [6.45, 7) is 2.21. The van der Waals surface area contributed by atoms with Crippen molar-refractivity contribution in [3.63, 3.8) is 0 Å². The highest BCUT2D eigenvalue weighted by Crippen LogP contribution is 2.33. The molecular formula is C27H26F3N5O3. The predicted molar refractivity (Wildman–Crippen MR) is 134 cm³/mol. The number of nitrogens with one attached hydrogen (secondary N) is 1. The summed E-state index contributed by atoms with van der Waals surface area (Å²) >= 11 is 0. The number of halogens is 3. The molecule has 0 aliphatic heterocycles. The molecule has 38 heavy (non-hydrogen) atoms. The maximum atomic E-state index is 13.1. The molecule has 0 saturated heterocycles. The van der Waals surface area contributed by atoms with Crippen LogP contribution < -0.4 is 10.1 Å². The minimum absolute atomic E-state index is 0.0288. The number of carboxylic acid groups (broad SMARTS) is 1. The zero-order valence-electron chi connectivity index (χ0n) is 20.6. The molecule has 1 aliphatic rings. The van der Waals surface area contributed by atoms with E-state index in [1.807, 2.05) is 25.1 Å². The Labute approximate surface area is 216 Å². The molecule has 1 unspecified atom stereocenters. The third-order valence-corrected chi connectivity index (χ3v) is 6.83. The van der Waals surface area contributed by atoms with Gasteiger partial charge in [0.1, 0.15) is 23.7 Å². The number of aromatic nitrogens is 4. The highest BCUT2D eigenvalue weighted by atomic mass is 19.4. The van der Waals surface area contributed by atoms with Crippen LogP contribution in [0.4, 0.5) is 19.0 Å². The molecule has 1 aliphatic carbocycles. The van der Waals surface area contributed by atoms with Crippen LogP contribution in [-0.2, 0) is 19.3 Å². The van der Waals surface area contributed by atoms with Gasteiger partial charge in [-0.3, -0.25) is 0 Å². The first-order valence-electron chi connectivity index (χ1n) is 12.3. The third kappa shape index (κ3) is 5.41. The zero-order valence-corrected chi connectivity index (χ0v) is 20.6. The fourth-order valence-electron chi connectivity index (χ4n) is 4.48. The summed E-state index contributed by atoms with van der Waals surface area (Å²) in [5.74, 6) is 0.105. The monoisotopic (exact) mass is 525 g/mol. The van der Waals surface area contributed by atoms with E-state index in [2.05, 4.69) is 20.3 Å². The first-order valence-corrected chi connectivity index (χ1v) is 12.3. The van der Waals surface area contributed by atoms with E-state index in [0.29, 0.717) is 34.4 Å². The number of ether oxygens (including phenoxy) is 1. The Balaban J connectivity index is 1.58. The number of fused-ring (bicyclic) bond motifs is 1. The lowest BCUT2D eigenvalue weighted by Gasteiger charge is -2.32. The number of para-hydroxylation sites is 1. The van der Waals surface area contributed by atoms with Crippen molar-refractivity contribution in [2.75, 3.05) is 5.32 Å². The van der Waals surface area contributed by atoms with Crippen molar-refractivity contribution in [3.8, 4) is 5.75 Å². The van der Waals surface area contributed by atoms with Gasteiger partial charge in [0.25, 0.3) is 0 Å². The number of carbonyl (C=O) groups is 1. The molecule has 0 radical (unpaired) electrons. The Morgan fingerprint density at radius 1 is 1.11 bits per heavy atom. The number of benzene rings is 2. The van der Waals surface area contributed by atoms with Crippen LogP contribution in [0.25, 0.3) is 11.2 Å². The number of hydrogen-bond acceptors (Lipinski definition) is 6. The summed E-state index contributed by atoms with van der Waals surface area (Å²) in [4.78, 5) is 24.8. The fraction of sp³-hybridized carbons (Fsp3) is 0.333. The van der Waals surface area contributed by atoms with E-state index >= 15 is 0 Å². The van der Waals surface area contributed by atoms with Crippen LogP contribution in [0.15, 0.2) is 54.6 Å². The van der Waals surface area contributed by atoms with Gasteiger partial charge in [0.2, 0.25) is 5.82 Å². The van der Waals surface area contributed by atoms with Crippen molar-refractivity contribution in [3.05, 3.63) is 77.4 Å². The number of nitrogens with zero attached hydrogens (tertiary/aromatic N) is 4. The van der Waals surface area contributed by atoms with Gasteiger partial charge < -0.3 is 19.7 Å². The molecule has 0 spiro atoms. The smallest absolute Gasteiger partial charge is 0.416 e. The number of carboxylic acids is 1. The number of hydrogen-bond donors (Lipinski definition) is 2. The highest BCUT2D eigenvalue weighted by molar-refractivity contribution is 5.90. The molecule has 2 aromatic carbocycles. The minimum Gasteiger partial charge on any atom is -0.486 e. The van der Waals surface area contributed by atoms with E-state index in [4.69, 9.17) is 4.74 Å². The van der Waals surface area contributed by atoms with E-state index in [-0.39, 0.29) is 24.8 Å². The van der Waals surface area contributed by atoms with Crippen molar-refractivity contribution >= 4 is 23.0 Å². The Bertz CT molecular complexity index is 1430. The number of alkyl halides is 3. The van der Waals surface area contributed by atoms with E-state index in [9.17, 15) is 23.1 Å². The van der Waals surface area contributed by atoms with Gasteiger partial charge in [0.05, 0.1) is 5.56 Å². The molecule has 1 saturated carbocycles. The first kappa shape index (κ1) is 25.5. The van der Waals surface area contributed by atoms with Crippen LogP contribution in [-0.4, -0.2) is 36.6 Å². The van der Waals surface area contributed by atoms with Gasteiger partial charge in [-0.25, -0.2) is 19.7 Å². The minimum atomic E-state index is -4.44. The molecule has 2 N–H and O–H groups in total. The zero-order chi connectivity index (χ0) is 26.9. The van der Waals surface area contributed by atoms with Crippen LogP contribution in [0.3, 0.4) is 0 Å². The molecule has 11 heteroatoms. The molecule has 2 heterocycles. The summed E-state index contributed by atoms with van der Waals surface area (Å²) in [6, 6.07) is 14.0. The maximum absolute atomic E-state index is 13.1. The van der Waals surface area contributed by atoms with Gasteiger partial charge in [-0.05, 0) is 55.5 Å². The van der Waals surface area contributed by atoms with Gasteiger partial charge >= 0.3 is 12.1 Å². The number of aromatic carboxylic acids is 1. The molecule has 2 aromatic heterocycles. The first-order chi connectivity index (χ1) is 18.2. The van der Waals surface area contributed by atoms with Gasteiger partial charge in [-0.15, -0.1) is 0 Å². The van der Waals surface area contributed by atoms with Crippen molar-refractivity contribution in [2.45, 2.75) is 51.6 Å². The van der Waals surface area contributed by atoms with Crippen molar-refractivity contribution in [1.82, 2.24) is 19.5 Å². The van der Waals surface area contributed by atoms with Gasteiger partial charge in [0, 0.05) is 12.6 Å². The van der Waals surface area contributed by atoms with Gasteiger partial charge in [-0.1, -0.05) is 36.8 Å². The fourth-order valence-corrected chi connectivity index (χ4v) is 4.48. The standard InChI is InChI=1S/C27H26F3N5O3/c1-16(18-6-5-7-18)31-23-22-24(34-25(33-23)26(36)37)32-21(15-38-20-8-3-2-4-9-20)35(22)14-17-10-12-19(13-11-17)27(28,29)30/h2-4,8-13,16,18H,5-7,14-15H2,1H3,(H,36,37)(H,31,33,34). The second-order valence-corrected chi connectivity index (χ2v) is 9.41. The maximum Gasteiger partial charge on any atom is 0.416 e. The summed E-state index contributed by atoms with van der Waals surface area (Å²) < 4.78 is 47.0. The summed E-state index contributed by atoms with van der Waals surface area (Å²) in [5, 5.41) is 13.0. The van der Waals surface area contributed by atoms with Crippen LogP contribution >= 0.6 is 0 Å². The number of rotatable bonds is 9. The van der Waals surface area contributed by atoms with Crippen LogP contribution in [0, 0.1) is 5.92 Å². The van der Waals surface area contributed by atoms with Crippen LogP contribution in [0.5, 0.6) is 5.75 Å². The van der Waals surface area contributed by atoms with Gasteiger partial charge in [-0.2, -0.15) is 13.2 Å². The topological polar surface area (TPSA) is 102 Å². The Morgan fingerprint density at radius 2 is 1.82 bits per heavy atom. The lowest BCUT2D eigenvalue weighted by molar-refractivity contribution is -0.137. The summed E-state index contributed by atoms with van der Waals surface area (Å²) in [6.07, 6.45) is -1.17. The molecule has 0 bridgehead atoms. The molecule has 198 valence electrons. The average molecular weight is 526 g/mol.